The maximum Gasteiger partial charge on any atom is 0.125 e. The van der Waals surface area contributed by atoms with Gasteiger partial charge in [-0.1, -0.05) is 18.2 Å². The highest BCUT2D eigenvalue weighted by molar-refractivity contribution is 5.48. The first-order valence-corrected chi connectivity index (χ1v) is 5.46. The first-order valence-electron chi connectivity index (χ1n) is 5.46. The molecule has 3 heteroatoms. The first-order chi connectivity index (χ1) is 8.15. The zero-order valence-electron chi connectivity index (χ0n) is 9.73. The van der Waals surface area contributed by atoms with Gasteiger partial charge in [0.05, 0.1) is 0 Å². The van der Waals surface area contributed by atoms with E-state index in [0.717, 1.165) is 16.9 Å². The molecule has 0 radical (unpaired) electrons. The lowest BCUT2D eigenvalue weighted by Gasteiger charge is -2.19. The normalized spacial score (nSPS) is 10.2. The standard InChI is InChI=1S/C14H15FN2/c1-17(14-7-3-5-12(15)9-14)10-11-4-2-6-13(16)8-11/h2-9H,10,16H2,1H3. The lowest BCUT2D eigenvalue weighted by molar-refractivity contribution is 0.627. The van der Waals surface area contributed by atoms with Gasteiger partial charge in [-0.25, -0.2) is 4.39 Å². The molecule has 0 aliphatic heterocycles. The van der Waals surface area contributed by atoms with Gasteiger partial charge >= 0.3 is 0 Å². The molecule has 0 aliphatic rings. The Hall–Kier alpha value is -2.03. The highest BCUT2D eigenvalue weighted by atomic mass is 19.1. The molecule has 0 amide bonds. The Morgan fingerprint density at radius 3 is 2.59 bits per heavy atom. The quantitative estimate of drug-likeness (QED) is 0.821. The second-order valence-electron chi connectivity index (χ2n) is 4.08. The molecule has 0 fully saturated rings. The third kappa shape index (κ3) is 2.97. The lowest BCUT2D eigenvalue weighted by Crippen LogP contribution is -2.16. The molecule has 0 aromatic heterocycles. The molecule has 88 valence electrons. The third-order valence-electron chi connectivity index (χ3n) is 2.62. The summed E-state index contributed by atoms with van der Waals surface area (Å²) in [6.45, 7) is 0.703. The van der Waals surface area contributed by atoms with Crippen LogP contribution in [0.15, 0.2) is 48.5 Å². The fourth-order valence-corrected chi connectivity index (χ4v) is 1.77. The zero-order valence-corrected chi connectivity index (χ0v) is 9.73. The van der Waals surface area contributed by atoms with Crippen LogP contribution in [0.1, 0.15) is 5.56 Å². The highest BCUT2D eigenvalue weighted by Gasteiger charge is 2.03. The molecule has 0 unspecified atom stereocenters. The average Bonchev–Trinajstić information content (AvgIpc) is 2.29. The summed E-state index contributed by atoms with van der Waals surface area (Å²) in [6, 6.07) is 14.3. The van der Waals surface area contributed by atoms with E-state index in [-0.39, 0.29) is 5.82 Å². The Morgan fingerprint density at radius 2 is 1.88 bits per heavy atom. The van der Waals surface area contributed by atoms with Crippen LogP contribution in [0, 0.1) is 5.82 Å². The van der Waals surface area contributed by atoms with Gasteiger partial charge in [0.2, 0.25) is 0 Å². The predicted molar refractivity (Wildman–Crippen MR) is 69.4 cm³/mol. The van der Waals surface area contributed by atoms with Gasteiger partial charge < -0.3 is 10.6 Å². The van der Waals surface area contributed by atoms with Crippen molar-refractivity contribution in [2.75, 3.05) is 17.7 Å². The van der Waals surface area contributed by atoms with Crippen molar-refractivity contribution in [3.8, 4) is 0 Å². The number of nitrogens with two attached hydrogens (primary N) is 1. The molecule has 0 aliphatic carbocycles. The molecular formula is C14H15FN2. The fourth-order valence-electron chi connectivity index (χ4n) is 1.77. The van der Waals surface area contributed by atoms with Crippen LogP contribution in [-0.2, 0) is 6.54 Å². The van der Waals surface area contributed by atoms with Gasteiger partial charge in [0.15, 0.2) is 0 Å². The van der Waals surface area contributed by atoms with E-state index in [4.69, 9.17) is 5.73 Å². The van der Waals surface area contributed by atoms with Crippen LogP contribution < -0.4 is 10.6 Å². The summed E-state index contributed by atoms with van der Waals surface area (Å²) in [5.74, 6) is -0.220. The molecule has 2 aromatic carbocycles. The Morgan fingerprint density at radius 1 is 1.12 bits per heavy atom. The molecule has 0 bridgehead atoms. The van der Waals surface area contributed by atoms with E-state index in [1.165, 1.54) is 12.1 Å². The van der Waals surface area contributed by atoms with Crippen molar-refractivity contribution in [1.82, 2.24) is 0 Å². The maximum absolute atomic E-state index is 13.1. The number of benzene rings is 2. The van der Waals surface area contributed by atoms with Crippen LogP contribution in [-0.4, -0.2) is 7.05 Å². The number of nitrogen functional groups attached to an aromatic ring is 1. The molecular weight excluding hydrogens is 215 g/mol. The van der Waals surface area contributed by atoms with Crippen LogP contribution in [0.4, 0.5) is 15.8 Å². The summed E-state index contributed by atoms with van der Waals surface area (Å²) in [4.78, 5) is 1.98. The van der Waals surface area contributed by atoms with E-state index < -0.39 is 0 Å². The van der Waals surface area contributed by atoms with E-state index in [9.17, 15) is 4.39 Å². The van der Waals surface area contributed by atoms with E-state index >= 15 is 0 Å². The largest absolute Gasteiger partial charge is 0.399 e. The fraction of sp³-hybridized carbons (Fsp3) is 0.143. The van der Waals surface area contributed by atoms with Crippen molar-refractivity contribution in [2.45, 2.75) is 6.54 Å². The molecule has 2 nitrogen and oxygen atoms in total. The number of anilines is 2. The lowest BCUT2D eigenvalue weighted by atomic mass is 10.2. The molecule has 0 heterocycles. The van der Waals surface area contributed by atoms with Gasteiger partial charge in [-0.15, -0.1) is 0 Å². The molecule has 0 spiro atoms. The summed E-state index contributed by atoms with van der Waals surface area (Å²) >= 11 is 0. The van der Waals surface area contributed by atoms with Crippen molar-refractivity contribution in [3.63, 3.8) is 0 Å². The second kappa shape index (κ2) is 4.87. The number of hydrogen-bond acceptors (Lipinski definition) is 2. The monoisotopic (exact) mass is 230 g/mol. The Kier molecular flexibility index (Phi) is 3.28. The van der Waals surface area contributed by atoms with E-state index in [0.29, 0.717) is 6.54 Å². The SMILES string of the molecule is CN(Cc1cccc(N)c1)c1cccc(F)c1. The molecule has 17 heavy (non-hydrogen) atoms. The smallest absolute Gasteiger partial charge is 0.125 e. The summed E-state index contributed by atoms with van der Waals surface area (Å²) in [5.41, 5.74) is 8.43. The number of nitrogens with zero attached hydrogens (tertiary/aromatic N) is 1. The molecule has 2 rings (SSSR count). The summed E-state index contributed by atoms with van der Waals surface area (Å²) in [7, 11) is 1.93. The molecule has 0 saturated carbocycles. The Labute approximate surface area is 100 Å². The van der Waals surface area contributed by atoms with E-state index in [2.05, 4.69) is 0 Å². The highest BCUT2D eigenvalue weighted by Crippen LogP contribution is 2.17. The van der Waals surface area contributed by atoms with Gasteiger partial charge in [-0.05, 0) is 35.9 Å². The number of rotatable bonds is 3. The minimum Gasteiger partial charge on any atom is -0.399 e. The summed E-state index contributed by atoms with van der Waals surface area (Å²) < 4.78 is 13.1. The number of hydrogen-bond donors (Lipinski definition) is 1. The van der Waals surface area contributed by atoms with Gasteiger partial charge in [0.1, 0.15) is 5.82 Å². The second-order valence-corrected chi connectivity index (χ2v) is 4.08. The molecule has 0 atom stereocenters. The minimum atomic E-state index is -0.220. The van der Waals surface area contributed by atoms with Crippen molar-refractivity contribution in [2.24, 2.45) is 0 Å². The minimum absolute atomic E-state index is 0.220. The van der Waals surface area contributed by atoms with Crippen LogP contribution in [0.3, 0.4) is 0 Å². The van der Waals surface area contributed by atoms with Crippen LogP contribution in [0.2, 0.25) is 0 Å². The van der Waals surface area contributed by atoms with Gasteiger partial charge in [0.25, 0.3) is 0 Å². The molecule has 0 saturated heterocycles. The zero-order chi connectivity index (χ0) is 12.3. The summed E-state index contributed by atoms with van der Waals surface area (Å²) in [6.07, 6.45) is 0. The predicted octanol–water partition coefficient (Wildman–Crippen LogP) is 3.04. The Bertz CT molecular complexity index is 511. The number of halogens is 1. The van der Waals surface area contributed by atoms with E-state index in [1.54, 1.807) is 6.07 Å². The van der Waals surface area contributed by atoms with Crippen molar-refractivity contribution >= 4 is 11.4 Å². The van der Waals surface area contributed by atoms with Crippen molar-refractivity contribution < 1.29 is 4.39 Å². The van der Waals surface area contributed by atoms with Crippen molar-refractivity contribution in [3.05, 3.63) is 59.9 Å². The van der Waals surface area contributed by atoms with Crippen molar-refractivity contribution in [1.29, 1.82) is 0 Å². The van der Waals surface area contributed by atoms with Gasteiger partial charge in [-0.2, -0.15) is 0 Å². The third-order valence-corrected chi connectivity index (χ3v) is 2.62. The molecule has 2 aromatic rings. The summed E-state index contributed by atoms with van der Waals surface area (Å²) in [5, 5.41) is 0. The molecule has 2 N–H and O–H groups in total. The maximum atomic E-state index is 13.1. The van der Waals surface area contributed by atoms with E-state index in [1.807, 2.05) is 42.3 Å². The van der Waals surface area contributed by atoms with Crippen LogP contribution >= 0.6 is 0 Å². The first kappa shape index (κ1) is 11.5. The Balaban J connectivity index is 2.14. The van der Waals surface area contributed by atoms with Gasteiger partial charge in [0, 0.05) is 25.0 Å². The topological polar surface area (TPSA) is 29.3 Å². The van der Waals surface area contributed by atoms with Crippen LogP contribution in [0.25, 0.3) is 0 Å². The van der Waals surface area contributed by atoms with Gasteiger partial charge in [-0.3, -0.25) is 0 Å². The average molecular weight is 230 g/mol. The van der Waals surface area contributed by atoms with Crippen LogP contribution in [0.5, 0.6) is 0 Å².